The topological polar surface area (TPSA) is 91.2 Å². The van der Waals surface area contributed by atoms with Gasteiger partial charge in [-0.25, -0.2) is 0 Å². The lowest BCUT2D eigenvalue weighted by atomic mass is 10.1. The SMILES string of the molecule is Cc1ccc(-c2noc(CN3CCN(C(=O)c4cc(-c5cccs5)[nH]n4)CC3)n2)cc1. The fraction of sp³-hybridized carbons (Fsp3) is 0.273. The number of thiophene rings is 1. The van der Waals surface area contributed by atoms with E-state index in [0.29, 0.717) is 37.0 Å². The van der Waals surface area contributed by atoms with Crippen molar-refractivity contribution in [3.8, 4) is 22.0 Å². The van der Waals surface area contributed by atoms with Gasteiger partial charge in [0, 0.05) is 31.7 Å². The number of H-pyrrole nitrogens is 1. The summed E-state index contributed by atoms with van der Waals surface area (Å²) in [5.74, 6) is 1.14. The molecule has 1 aliphatic heterocycles. The van der Waals surface area contributed by atoms with Crippen molar-refractivity contribution in [1.82, 2.24) is 30.1 Å². The predicted molar refractivity (Wildman–Crippen MR) is 118 cm³/mol. The summed E-state index contributed by atoms with van der Waals surface area (Å²) >= 11 is 1.62. The minimum atomic E-state index is -0.0434. The van der Waals surface area contributed by atoms with Crippen molar-refractivity contribution in [2.45, 2.75) is 13.5 Å². The zero-order valence-corrected chi connectivity index (χ0v) is 17.9. The summed E-state index contributed by atoms with van der Waals surface area (Å²) in [4.78, 5) is 22.5. The minimum Gasteiger partial charge on any atom is -0.338 e. The van der Waals surface area contributed by atoms with Crippen LogP contribution in [0.15, 0.2) is 52.4 Å². The van der Waals surface area contributed by atoms with Gasteiger partial charge in [-0.15, -0.1) is 11.3 Å². The molecule has 9 heteroatoms. The van der Waals surface area contributed by atoms with Crippen molar-refractivity contribution >= 4 is 17.2 Å². The molecule has 0 bridgehead atoms. The molecule has 1 N–H and O–H groups in total. The van der Waals surface area contributed by atoms with E-state index in [2.05, 4.69) is 25.2 Å². The summed E-state index contributed by atoms with van der Waals surface area (Å²) in [6.07, 6.45) is 0. The standard InChI is InChI=1S/C22H22N6O2S/c1-15-4-6-16(7-5-15)21-23-20(30-26-21)14-27-8-10-28(11-9-27)22(29)18-13-17(24-25-18)19-3-2-12-31-19/h2-7,12-13H,8-11,14H2,1H3,(H,24,25). The van der Waals surface area contributed by atoms with E-state index in [0.717, 1.165) is 29.2 Å². The highest BCUT2D eigenvalue weighted by molar-refractivity contribution is 7.13. The van der Waals surface area contributed by atoms with Crippen LogP contribution in [-0.4, -0.2) is 62.2 Å². The van der Waals surface area contributed by atoms with Gasteiger partial charge in [0.1, 0.15) is 0 Å². The van der Waals surface area contributed by atoms with Gasteiger partial charge in [0.15, 0.2) is 5.69 Å². The molecule has 4 aromatic rings. The van der Waals surface area contributed by atoms with Gasteiger partial charge in [-0.05, 0) is 24.4 Å². The quantitative estimate of drug-likeness (QED) is 0.517. The van der Waals surface area contributed by atoms with Crippen LogP contribution in [0.5, 0.6) is 0 Å². The fourth-order valence-corrected chi connectivity index (χ4v) is 4.28. The van der Waals surface area contributed by atoms with E-state index >= 15 is 0 Å². The van der Waals surface area contributed by atoms with Crippen molar-refractivity contribution in [3.05, 3.63) is 65.0 Å². The maximum absolute atomic E-state index is 12.8. The van der Waals surface area contributed by atoms with Crippen LogP contribution in [0.1, 0.15) is 21.9 Å². The number of amides is 1. The maximum atomic E-state index is 12.8. The first kappa shape index (κ1) is 19.7. The maximum Gasteiger partial charge on any atom is 0.274 e. The molecule has 3 aromatic heterocycles. The molecule has 0 radical (unpaired) electrons. The summed E-state index contributed by atoms with van der Waals surface area (Å²) in [5, 5.41) is 13.3. The summed E-state index contributed by atoms with van der Waals surface area (Å²) in [6.45, 7) is 5.39. The summed E-state index contributed by atoms with van der Waals surface area (Å²) in [7, 11) is 0. The number of rotatable bonds is 5. The van der Waals surface area contributed by atoms with E-state index in [-0.39, 0.29) is 5.91 Å². The Morgan fingerprint density at radius 3 is 2.71 bits per heavy atom. The lowest BCUT2D eigenvalue weighted by Gasteiger charge is -2.33. The van der Waals surface area contributed by atoms with Gasteiger partial charge in [0.2, 0.25) is 11.7 Å². The van der Waals surface area contributed by atoms with Crippen LogP contribution < -0.4 is 0 Å². The third kappa shape index (κ3) is 4.28. The van der Waals surface area contributed by atoms with E-state index in [4.69, 9.17) is 4.52 Å². The number of carbonyl (C=O) groups excluding carboxylic acids is 1. The highest BCUT2D eigenvalue weighted by Gasteiger charge is 2.25. The zero-order chi connectivity index (χ0) is 21.2. The van der Waals surface area contributed by atoms with Crippen molar-refractivity contribution in [1.29, 1.82) is 0 Å². The molecule has 1 aliphatic rings. The number of aryl methyl sites for hydroxylation is 1. The minimum absolute atomic E-state index is 0.0434. The van der Waals surface area contributed by atoms with Crippen LogP contribution >= 0.6 is 11.3 Å². The van der Waals surface area contributed by atoms with E-state index in [1.54, 1.807) is 11.3 Å². The molecule has 4 heterocycles. The Morgan fingerprint density at radius 2 is 1.97 bits per heavy atom. The van der Waals surface area contributed by atoms with E-state index in [1.807, 2.05) is 59.7 Å². The van der Waals surface area contributed by atoms with Gasteiger partial charge in [0.05, 0.1) is 17.1 Å². The number of nitrogens with zero attached hydrogens (tertiary/aromatic N) is 5. The van der Waals surface area contributed by atoms with E-state index in [9.17, 15) is 4.79 Å². The lowest BCUT2D eigenvalue weighted by molar-refractivity contribution is 0.0609. The van der Waals surface area contributed by atoms with Crippen molar-refractivity contribution < 1.29 is 9.32 Å². The molecule has 0 aliphatic carbocycles. The first-order valence-corrected chi connectivity index (χ1v) is 11.0. The number of benzene rings is 1. The van der Waals surface area contributed by atoms with Crippen molar-refractivity contribution in [3.63, 3.8) is 0 Å². The van der Waals surface area contributed by atoms with Crippen LogP contribution in [0.4, 0.5) is 0 Å². The predicted octanol–water partition coefficient (Wildman–Crippen LogP) is 3.45. The van der Waals surface area contributed by atoms with Crippen LogP contribution in [0, 0.1) is 6.92 Å². The number of nitrogens with one attached hydrogen (secondary N) is 1. The Morgan fingerprint density at radius 1 is 1.16 bits per heavy atom. The van der Waals surface area contributed by atoms with Gasteiger partial charge >= 0.3 is 0 Å². The molecule has 8 nitrogen and oxygen atoms in total. The Bertz CT molecular complexity index is 1160. The van der Waals surface area contributed by atoms with Crippen molar-refractivity contribution in [2.75, 3.05) is 26.2 Å². The van der Waals surface area contributed by atoms with Crippen LogP contribution in [0.25, 0.3) is 22.0 Å². The molecule has 1 fully saturated rings. The fourth-order valence-electron chi connectivity index (χ4n) is 3.59. The number of aromatic amines is 1. The summed E-state index contributed by atoms with van der Waals surface area (Å²) in [6, 6.07) is 13.9. The Kier molecular flexibility index (Phi) is 5.35. The molecule has 1 amide bonds. The number of piperazine rings is 1. The largest absolute Gasteiger partial charge is 0.338 e. The molecule has 31 heavy (non-hydrogen) atoms. The number of hydrogen-bond donors (Lipinski definition) is 1. The smallest absolute Gasteiger partial charge is 0.274 e. The lowest BCUT2D eigenvalue weighted by Crippen LogP contribution is -2.48. The monoisotopic (exact) mass is 434 g/mol. The molecule has 5 rings (SSSR count). The normalized spacial score (nSPS) is 14.8. The third-order valence-corrected chi connectivity index (χ3v) is 6.28. The Balaban J connectivity index is 1.16. The number of carbonyl (C=O) groups is 1. The van der Waals surface area contributed by atoms with Crippen LogP contribution in [-0.2, 0) is 6.54 Å². The Labute approximate surface area is 183 Å². The average molecular weight is 435 g/mol. The molecule has 0 saturated carbocycles. The highest BCUT2D eigenvalue weighted by atomic mass is 32.1. The molecule has 0 unspecified atom stereocenters. The molecular weight excluding hydrogens is 412 g/mol. The molecule has 0 spiro atoms. The highest BCUT2D eigenvalue weighted by Crippen LogP contribution is 2.23. The number of aromatic nitrogens is 4. The van der Waals surface area contributed by atoms with Gasteiger partial charge < -0.3 is 9.42 Å². The second-order valence-electron chi connectivity index (χ2n) is 7.59. The number of hydrogen-bond acceptors (Lipinski definition) is 7. The second-order valence-corrected chi connectivity index (χ2v) is 8.54. The summed E-state index contributed by atoms with van der Waals surface area (Å²) in [5.41, 5.74) is 3.46. The molecule has 158 valence electrons. The Hall–Kier alpha value is -3.30. The molecule has 0 atom stereocenters. The van der Waals surface area contributed by atoms with E-state index < -0.39 is 0 Å². The van der Waals surface area contributed by atoms with Crippen molar-refractivity contribution in [2.24, 2.45) is 0 Å². The van der Waals surface area contributed by atoms with Gasteiger partial charge in [-0.2, -0.15) is 10.1 Å². The van der Waals surface area contributed by atoms with E-state index in [1.165, 1.54) is 5.56 Å². The van der Waals surface area contributed by atoms with Gasteiger partial charge in [-0.3, -0.25) is 14.8 Å². The summed E-state index contributed by atoms with van der Waals surface area (Å²) < 4.78 is 5.44. The molecular formula is C22H22N6O2S. The van der Waals surface area contributed by atoms with Gasteiger partial charge in [0.25, 0.3) is 5.91 Å². The first-order chi connectivity index (χ1) is 15.2. The van der Waals surface area contributed by atoms with Crippen LogP contribution in [0.3, 0.4) is 0 Å². The molecule has 1 saturated heterocycles. The second kappa shape index (κ2) is 8.44. The van der Waals surface area contributed by atoms with Gasteiger partial charge in [-0.1, -0.05) is 41.1 Å². The molecule has 1 aromatic carbocycles. The third-order valence-electron chi connectivity index (χ3n) is 5.38. The zero-order valence-electron chi connectivity index (χ0n) is 17.1. The first-order valence-electron chi connectivity index (χ1n) is 10.2. The van der Waals surface area contributed by atoms with Crippen LogP contribution in [0.2, 0.25) is 0 Å². The average Bonchev–Trinajstić information content (AvgIpc) is 3.55.